The second kappa shape index (κ2) is 7.29. The Bertz CT molecular complexity index is 732. The Hall–Kier alpha value is -2.31. The van der Waals surface area contributed by atoms with E-state index in [4.69, 9.17) is 4.74 Å². The van der Waals surface area contributed by atoms with Gasteiger partial charge in [0.1, 0.15) is 6.61 Å². The van der Waals surface area contributed by atoms with Crippen LogP contribution in [0.1, 0.15) is 17.4 Å². The Labute approximate surface area is 151 Å². The average Bonchev–Trinajstić information content (AvgIpc) is 3.28. The van der Waals surface area contributed by atoms with Crippen molar-refractivity contribution in [1.29, 1.82) is 0 Å². The first kappa shape index (κ1) is 17.5. The molecule has 0 saturated heterocycles. The summed E-state index contributed by atoms with van der Waals surface area (Å²) in [6.45, 7) is 2.86. The summed E-state index contributed by atoms with van der Waals surface area (Å²) in [6, 6.07) is 12.5. The first-order valence-corrected chi connectivity index (χ1v) is 9.06. The van der Waals surface area contributed by atoms with Crippen LogP contribution in [0.25, 0.3) is 0 Å². The smallest absolute Gasteiger partial charge is 0.348 e. The Kier molecular flexibility index (Phi) is 5.11. The monoisotopic (exact) mass is 358 g/mol. The predicted molar refractivity (Wildman–Crippen MR) is 97.8 cm³/mol. The van der Waals surface area contributed by atoms with Gasteiger partial charge in [0.05, 0.1) is 17.6 Å². The fourth-order valence-corrected chi connectivity index (χ4v) is 3.64. The fourth-order valence-electron chi connectivity index (χ4n) is 2.81. The molecule has 1 aliphatic rings. The van der Waals surface area contributed by atoms with Crippen molar-refractivity contribution < 1.29 is 14.6 Å². The Morgan fingerprint density at radius 1 is 1.24 bits per heavy atom. The normalized spacial score (nSPS) is 19.1. The summed E-state index contributed by atoms with van der Waals surface area (Å²) in [4.78, 5) is 17.5. The summed E-state index contributed by atoms with van der Waals surface area (Å²) < 4.78 is 5.45. The molecule has 0 saturated carbocycles. The maximum Gasteiger partial charge on any atom is 0.348 e. The van der Waals surface area contributed by atoms with E-state index in [-0.39, 0.29) is 12.8 Å². The van der Waals surface area contributed by atoms with E-state index in [9.17, 15) is 9.90 Å². The fraction of sp³-hybridized carbons (Fsp3) is 0.316. The van der Waals surface area contributed by atoms with Gasteiger partial charge in [-0.2, -0.15) is 0 Å². The minimum atomic E-state index is -1.78. The number of hydrogen-bond acceptors (Lipinski definition) is 6. The van der Waals surface area contributed by atoms with Gasteiger partial charge in [-0.1, -0.05) is 36.4 Å². The Balaban J connectivity index is 1.72. The average molecular weight is 358 g/mol. The quantitative estimate of drug-likeness (QED) is 0.805. The molecule has 2 aromatic rings. The Morgan fingerprint density at radius 2 is 2.00 bits per heavy atom. The third kappa shape index (κ3) is 3.41. The summed E-state index contributed by atoms with van der Waals surface area (Å²) >= 11 is 1.33. The number of thiophene rings is 1. The third-order valence-corrected chi connectivity index (χ3v) is 5.49. The van der Waals surface area contributed by atoms with E-state index in [1.165, 1.54) is 11.3 Å². The lowest BCUT2D eigenvalue weighted by Gasteiger charge is -2.28. The largest absolute Gasteiger partial charge is 0.461 e. The number of benzene rings is 1. The lowest BCUT2D eigenvalue weighted by molar-refractivity contribution is -0.162. The van der Waals surface area contributed by atoms with Crippen LogP contribution in [-0.2, 0) is 15.1 Å². The van der Waals surface area contributed by atoms with Crippen molar-refractivity contribution in [1.82, 2.24) is 9.80 Å². The van der Waals surface area contributed by atoms with E-state index >= 15 is 0 Å². The second-order valence-electron chi connectivity index (χ2n) is 6.02. The predicted octanol–water partition coefficient (Wildman–Crippen LogP) is 2.59. The Morgan fingerprint density at radius 3 is 2.60 bits per heavy atom. The van der Waals surface area contributed by atoms with Crippen LogP contribution in [0.3, 0.4) is 0 Å². The van der Waals surface area contributed by atoms with Gasteiger partial charge in [0.25, 0.3) is 0 Å². The molecule has 0 bridgehead atoms. The minimum Gasteiger partial charge on any atom is -0.461 e. The van der Waals surface area contributed by atoms with Crippen molar-refractivity contribution in [2.24, 2.45) is 0 Å². The van der Waals surface area contributed by atoms with Crippen molar-refractivity contribution in [2.75, 3.05) is 20.2 Å². The molecule has 0 aliphatic carbocycles. The number of nitrogens with zero attached hydrogens (tertiary/aromatic N) is 2. The molecule has 6 heteroatoms. The van der Waals surface area contributed by atoms with Crippen LogP contribution in [0, 0.1) is 0 Å². The molecular weight excluding hydrogens is 336 g/mol. The molecule has 5 nitrogen and oxygen atoms in total. The molecule has 2 heterocycles. The number of rotatable bonds is 6. The summed E-state index contributed by atoms with van der Waals surface area (Å²) in [5.41, 5.74) is -1.27. The summed E-state index contributed by atoms with van der Waals surface area (Å²) in [7, 11) is 2.00. The highest BCUT2D eigenvalue weighted by molar-refractivity contribution is 7.10. The zero-order valence-electron chi connectivity index (χ0n) is 14.3. The zero-order valence-corrected chi connectivity index (χ0v) is 15.1. The highest BCUT2D eigenvalue weighted by Gasteiger charge is 2.42. The van der Waals surface area contributed by atoms with E-state index in [1.54, 1.807) is 30.3 Å². The highest BCUT2D eigenvalue weighted by Crippen LogP contribution is 2.34. The molecule has 1 aromatic carbocycles. The molecule has 25 heavy (non-hydrogen) atoms. The molecule has 0 fully saturated rings. The van der Waals surface area contributed by atoms with Crippen LogP contribution in [0.4, 0.5) is 0 Å². The van der Waals surface area contributed by atoms with E-state index in [0.717, 1.165) is 0 Å². The van der Waals surface area contributed by atoms with Crippen LogP contribution in [0.2, 0.25) is 0 Å². The molecule has 2 unspecified atom stereocenters. The first-order valence-electron chi connectivity index (χ1n) is 8.18. The lowest BCUT2D eigenvalue weighted by atomic mass is 9.92. The van der Waals surface area contributed by atoms with Gasteiger partial charge in [0.15, 0.2) is 0 Å². The van der Waals surface area contributed by atoms with Crippen molar-refractivity contribution >= 4 is 17.3 Å². The van der Waals surface area contributed by atoms with Crippen LogP contribution in [0.15, 0.2) is 60.2 Å². The van der Waals surface area contributed by atoms with Gasteiger partial charge in [0.2, 0.25) is 5.60 Å². The topological polar surface area (TPSA) is 53.0 Å². The molecule has 1 aliphatic heterocycles. The number of esters is 1. The molecule has 0 spiro atoms. The number of carbonyl (C=O) groups is 1. The van der Waals surface area contributed by atoms with E-state index < -0.39 is 11.6 Å². The van der Waals surface area contributed by atoms with Gasteiger partial charge in [-0.3, -0.25) is 0 Å². The summed E-state index contributed by atoms with van der Waals surface area (Å²) in [6.07, 6.45) is 4.18. The molecule has 3 rings (SSSR count). The van der Waals surface area contributed by atoms with Crippen LogP contribution in [0.5, 0.6) is 0 Å². The SMILES string of the molecule is CC1N(C)C=CN1CCOC(=O)C(O)(c1ccccc1)c1cccs1. The van der Waals surface area contributed by atoms with Crippen LogP contribution < -0.4 is 0 Å². The van der Waals surface area contributed by atoms with Gasteiger partial charge < -0.3 is 19.6 Å². The standard InChI is InChI=1S/C19H22N2O3S/c1-15-20(2)10-11-21(15)12-13-24-18(22)19(23,17-9-6-14-25-17)16-7-4-3-5-8-16/h3-11,14-15,23H,12-13H2,1-2H3. The maximum absolute atomic E-state index is 12.8. The minimum absolute atomic E-state index is 0.210. The summed E-state index contributed by atoms with van der Waals surface area (Å²) in [5.74, 6) is -0.648. The van der Waals surface area contributed by atoms with Gasteiger partial charge >= 0.3 is 5.97 Å². The van der Waals surface area contributed by atoms with Gasteiger partial charge in [0, 0.05) is 25.0 Å². The molecular formula is C19H22N2O3S. The number of carbonyl (C=O) groups excluding carboxylic acids is 1. The lowest BCUT2D eigenvalue weighted by Crippen LogP contribution is -2.40. The van der Waals surface area contributed by atoms with Gasteiger partial charge in [-0.15, -0.1) is 11.3 Å². The van der Waals surface area contributed by atoms with Crippen molar-refractivity contribution in [3.8, 4) is 0 Å². The van der Waals surface area contributed by atoms with E-state index in [1.807, 2.05) is 37.0 Å². The number of ether oxygens (including phenoxy) is 1. The molecule has 1 aromatic heterocycles. The van der Waals surface area contributed by atoms with Crippen molar-refractivity contribution in [2.45, 2.75) is 18.7 Å². The highest BCUT2D eigenvalue weighted by atomic mass is 32.1. The van der Waals surface area contributed by atoms with Crippen molar-refractivity contribution in [3.63, 3.8) is 0 Å². The number of hydrogen-bond donors (Lipinski definition) is 1. The van der Waals surface area contributed by atoms with Gasteiger partial charge in [-0.05, 0) is 18.4 Å². The molecule has 0 amide bonds. The van der Waals surface area contributed by atoms with E-state index in [0.29, 0.717) is 17.0 Å². The molecule has 2 atom stereocenters. The summed E-state index contributed by atoms with van der Waals surface area (Å²) in [5, 5.41) is 13.0. The van der Waals surface area contributed by atoms with Crippen LogP contribution >= 0.6 is 11.3 Å². The maximum atomic E-state index is 12.8. The van der Waals surface area contributed by atoms with E-state index in [2.05, 4.69) is 16.7 Å². The van der Waals surface area contributed by atoms with Crippen LogP contribution in [-0.4, -0.2) is 47.2 Å². The molecule has 132 valence electrons. The molecule has 1 N–H and O–H groups in total. The molecule has 0 radical (unpaired) electrons. The first-order chi connectivity index (χ1) is 12.0. The zero-order chi connectivity index (χ0) is 17.9. The number of aliphatic hydroxyl groups is 1. The third-order valence-electron chi connectivity index (χ3n) is 4.51. The van der Waals surface area contributed by atoms with Gasteiger partial charge in [-0.25, -0.2) is 4.79 Å². The van der Waals surface area contributed by atoms with Crippen molar-refractivity contribution in [3.05, 3.63) is 70.7 Å². The second-order valence-corrected chi connectivity index (χ2v) is 6.97.